The molecule has 0 saturated heterocycles. The molecule has 2 aromatic rings. The fourth-order valence-corrected chi connectivity index (χ4v) is 2.27. The molecule has 0 unspecified atom stereocenters. The minimum Gasteiger partial charge on any atom is -0.465 e. The zero-order valence-corrected chi connectivity index (χ0v) is 13.5. The van der Waals surface area contributed by atoms with Gasteiger partial charge in [-0.1, -0.05) is 11.6 Å². The lowest BCUT2D eigenvalue weighted by atomic mass is 10.1. The first-order valence-electron chi connectivity index (χ1n) is 6.62. The first-order chi connectivity index (χ1) is 10.8. The number of nitrogens with one attached hydrogen (secondary N) is 1. The average Bonchev–Trinajstić information content (AvgIpc) is 2.83. The molecular formula is C14H15ClN4O4. The van der Waals surface area contributed by atoms with Crippen LogP contribution in [0.2, 0.25) is 5.02 Å². The third kappa shape index (κ3) is 3.42. The Morgan fingerprint density at radius 1 is 1.52 bits per heavy atom. The van der Waals surface area contributed by atoms with Crippen LogP contribution in [0.25, 0.3) is 0 Å². The molecule has 0 bridgehead atoms. The summed E-state index contributed by atoms with van der Waals surface area (Å²) in [6.45, 7) is 2.24. The molecule has 0 aliphatic heterocycles. The van der Waals surface area contributed by atoms with Gasteiger partial charge < -0.3 is 10.1 Å². The molecule has 0 aliphatic rings. The van der Waals surface area contributed by atoms with E-state index in [9.17, 15) is 14.9 Å². The van der Waals surface area contributed by atoms with Crippen molar-refractivity contribution in [2.45, 2.75) is 13.5 Å². The van der Waals surface area contributed by atoms with E-state index >= 15 is 0 Å². The van der Waals surface area contributed by atoms with Crippen LogP contribution >= 0.6 is 11.6 Å². The first kappa shape index (κ1) is 16.8. The van der Waals surface area contributed by atoms with Crippen LogP contribution in [0.4, 0.5) is 11.4 Å². The van der Waals surface area contributed by atoms with Crippen LogP contribution in [0.15, 0.2) is 18.3 Å². The summed E-state index contributed by atoms with van der Waals surface area (Å²) in [6, 6.07) is 2.45. The number of hydrogen-bond donors (Lipinski definition) is 1. The number of hydrogen-bond acceptors (Lipinski definition) is 6. The van der Waals surface area contributed by atoms with Crippen LogP contribution in [0, 0.1) is 17.0 Å². The van der Waals surface area contributed by atoms with Crippen LogP contribution < -0.4 is 5.32 Å². The minimum absolute atomic E-state index is 0.0519. The molecule has 0 spiro atoms. The molecule has 0 amide bonds. The third-order valence-electron chi connectivity index (χ3n) is 3.49. The van der Waals surface area contributed by atoms with Crippen molar-refractivity contribution in [1.82, 2.24) is 9.78 Å². The number of nitro benzene ring substituents is 1. The fourth-order valence-electron chi connectivity index (χ4n) is 2.03. The number of aryl methyl sites for hydroxylation is 1. The Morgan fingerprint density at radius 2 is 2.22 bits per heavy atom. The van der Waals surface area contributed by atoms with E-state index in [1.807, 2.05) is 14.0 Å². The van der Waals surface area contributed by atoms with Crippen LogP contribution in [0.5, 0.6) is 0 Å². The molecule has 0 saturated carbocycles. The van der Waals surface area contributed by atoms with Crippen molar-refractivity contribution in [2.24, 2.45) is 7.05 Å². The van der Waals surface area contributed by atoms with E-state index in [-0.39, 0.29) is 22.0 Å². The molecule has 23 heavy (non-hydrogen) atoms. The fraction of sp³-hybridized carbons (Fsp3) is 0.286. The highest BCUT2D eigenvalue weighted by Crippen LogP contribution is 2.32. The predicted octanol–water partition coefficient (Wildman–Crippen LogP) is 2.69. The quantitative estimate of drug-likeness (QED) is 0.511. The number of benzene rings is 1. The van der Waals surface area contributed by atoms with E-state index < -0.39 is 10.9 Å². The standard InChI is InChI=1S/C14H15ClN4O4/c1-8-9(7-17-18(8)2)6-16-12-5-11(15)10(14(20)23-3)4-13(12)19(21)22/h4-5,7,16H,6H2,1-3H3. The van der Waals surface area contributed by atoms with E-state index in [1.54, 1.807) is 10.9 Å². The van der Waals surface area contributed by atoms with E-state index in [0.29, 0.717) is 6.54 Å². The Labute approximate surface area is 137 Å². The van der Waals surface area contributed by atoms with Crippen LogP contribution in [0.1, 0.15) is 21.6 Å². The van der Waals surface area contributed by atoms with E-state index in [1.165, 1.54) is 13.2 Å². The summed E-state index contributed by atoms with van der Waals surface area (Å²) in [5, 5.41) is 18.4. The predicted molar refractivity (Wildman–Crippen MR) is 84.7 cm³/mol. The number of aromatic nitrogens is 2. The maximum absolute atomic E-state index is 11.6. The number of anilines is 1. The second-order valence-electron chi connectivity index (χ2n) is 4.83. The molecule has 8 nitrogen and oxygen atoms in total. The number of methoxy groups -OCH3 is 1. The summed E-state index contributed by atoms with van der Waals surface area (Å²) in [5.74, 6) is -0.729. The Balaban J connectivity index is 2.34. The lowest BCUT2D eigenvalue weighted by molar-refractivity contribution is -0.384. The van der Waals surface area contributed by atoms with Gasteiger partial charge in [0.25, 0.3) is 5.69 Å². The van der Waals surface area contributed by atoms with Gasteiger partial charge in [0.2, 0.25) is 0 Å². The van der Waals surface area contributed by atoms with Gasteiger partial charge >= 0.3 is 5.97 Å². The van der Waals surface area contributed by atoms with E-state index in [2.05, 4.69) is 15.2 Å². The van der Waals surface area contributed by atoms with E-state index in [4.69, 9.17) is 11.6 Å². The number of rotatable bonds is 5. The summed E-state index contributed by atoms with van der Waals surface area (Å²) < 4.78 is 6.27. The smallest absolute Gasteiger partial charge is 0.339 e. The molecule has 122 valence electrons. The van der Waals surface area contributed by atoms with Gasteiger partial charge in [0, 0.05) is 30.9 Å². The van der Waals surface area contributed by atoms with Crippen LogP contribution in [-0.2, 0) is 18.3 Å². The van der Waals surface area contributed by atoms with Crippen molar-refractivity contribution in [1.29, 1.82) is 0 Å². The number of ether oxygens (including phenoxy) is 1. The SMILES string of the molecule is COC(=O)c1cc([N+](=O)[O-])c(NCc2cnn(C)c2C)cc1Cl. The Morgan fingerprint density at radius 3 is 2.74 bits per heavy atom. The number of esters is 1. The van der Waals surface area contributed by atoms with Gasteiger partial charge in [-0.2, -0.15) is 5.10 Å². The highest BCUT2D eigenvalue weighted by molar-refractivity contribution is 6.34. The molecule has 1 N–H and O–H groups in total. The molecular weight excluding hydrogens is 324 g/mol. The lowest BCUT2D eigenvalue weighted by Crippen LogP contribution is -2.07. The number of nitro groups is 1. The first-order valence-corrected chi connectivity index (χ1v) is 7.00. The van der Waals surface area contributed by atoms with Crippen LogP contribution in [-0.4, -0.2) is 27.8 Å². The molecule has 0 aliphatic carbocycles. The van der Waals surface area contributed by atoms with Crippen molar-refractivity contribution in [3.63, 3.8) is 0 Å². The maximum Gasteiger partial charge on any atom is 0.339 e. The van der Waals surface area contributed by atoms with Gasteiger partial charge in [-0.3, -0.25) is 14.8 Å². The van der Waals surface area contributed by atoms with Crippen molar-refractivity contribution >= 4 is 28.9 Å². The zero-order chi connectivity index (χ0) is 17.1. The Kier molecular flexibility index (Phi) is 4.85. The summed E-state index contributed by atoms with van der Waals surface area (Å²) >= 11 is 6.02. The number of nitrogens with zero attached hydrogens (tertiary/aromatic N) is 3. The molecule has 2 rings (SSSR count). The highest BCUT2D eigenvalue weighted by atomic mass is 35.5. The molecule has 1 aromatic heterocycles. The summed E-state index contributed by atoms with van der Waals surface area (Å²) in [6.07, 6.45) is 1.68. The van der Waals surface area contributed by atoms with Crippen molar-refractivity contribution in [3.8, 4) is 0 Å². The Bertz CT molecular complexity index is 772. The summed E-state index contributed by atoms with van der Waals surface area (Å²) in [5.41, 5.74) is 1.75. The maximum atomic E-state index is 11.6. The van der Waals surface area contributed by atoms with Gasteiger partial charge in [0.1, 0.15) is 5.69 Å². The topological polar surface area (TPSA) is 99.3 Å². The number of halogens is 1. The second-order valence-corrected chi connectivity index (χ2v) is 5.24. The van der Waals surface area contributed by atoms with E-state index in [0.717, 1.165) is 17.3 Å². The Hall–Kier alpha value is -2.61. The van der Waals surface area contributed by atoms with Gasteiger partial charge in [-0.25, -0.2) is 4.79 Å². The van der Waals surface area contributed by atoms with Gasteiger partial charge in [0.15, 0.2) is 0 Å². The monoisotopic (exact) mass is 338 g/mol. The number of carbonyl (C=O) groups excluding carboxylic acids is 1. The summed E-state index contributed by atoms with van der Waals surface area (Å²) in [7, 11) is 2.99. The van der Waals surface area contributed by atoms with Gasteiger partial charge in [0.05, 0.1) is 28.8 Å². The third-order valence-corrected chi connectivity index (χ3v) is 3.81. The van der Waals surface area contributed by atoms with Crippen LogP contribution in [0.3, 0.4) is 0 Å². The molecule has 0 fully saturated rings. The lowest BCUT2D eigenvalue weighted by Gasteiger charge is -2.10. The molecule has 1 heterocycles. The van der Waals surface area contributed by atoms with Crippen molar-refractivity contribution in [3.05, 3.63) is 50.3 Å². The van der Waals surface area contributed by atoms with Crippen molar-refractivity contribution < 1.29 is 14.5 Å². The largest absolute Gasteiger partial charge is 0.465 e. The molecule has 0 atom stereocenters. The number of carbonyl (C=O) groups is 1. The molecule has 9 heteroatoms. The summed E-state index contributed by atoms with van der Waals surface area (Å²) in [4.78, 5) is 22.2. The second kappa shape index (κ2) is 6.66. The molecule has 0 radical (unpaired) electrons. The average molecular weight is 339 g/mol. The minimum atomic E-state index is -0.729. The molecule has 1 aromatic carbocycles. The van der Waals surface area contributed by atoms with Gasteiger partial charge in [-0.05, 0) is 13.0 Å². The van der Waals surface area contributed by atoms with Gasteiger partial charge in [-0.15, -0.1) is 0 Å². The zero-order valence-electron chi connectivity index (χ0n) is 12.8. The van der Waals surface area contributed by atoms with Crippen molar-refractivity contribution in [2.75, 3.05) is 12.4 Å². The highest BCUT2D eigenvalue weighted by Gasteiger charge is 2.21. The normalized spacial score (nSPS) is 10.4.